The summed E-state index contributed by atoms with van der Waals surface area (Å²) in [5.41, 5.74) is 0. The van der Waals surface area contributed by atoms with E-state index in [1.165, 1.54) is 8.92 Å². The van der Waals surface area contributed by atoms with Gasteiger partial charge in [0.25, 0.3) is 0 Å². The number of rotatable bonds is 5. The Morgan fingerprint density at radius 2 is 1.38 bits per heavy atom. The van der Waals surface area contributed by atoms with Crippen LogP contribution < -0.4 is 8.92 Å². The van der Waals surface area contributed by atoms with Gasteiger partial charge in [-0.25, -0.2) is 0 Å². The SMILES string of the molecule is O=C1CCCC1C([Se]c1ccccc1)[Se]c1ccccc1. The van der Waals surface area contributed by atoms with E-state index < -0.39 is 0 Å². The van der Waals surface area contributed by atoms with E-state index in [9.17, 15) is 4.79 Å². The summed E-state index contributed by atoms with van der Waals surface area (Å²) >= 11 is 0.781. The Kier molecular flexibility index (Phi) is 5.32. The number of ketones is 1. The standard InChI is InChI=1S/C18H18OSe2/c19-17-13-7-12-16(17)18(20-14-8-3-1-4-9-14)21-15-10-5-2-6-11-15/h1-6,8-11,16,18H,7,12-13H2. The number of carbonyl (C=O) groups excluding carboxylic acids is 1. The van der Waals surface area contributed by atoms with Gasteiger partial charge in [-0.3, -0.25) is 0 Å². The number of benzene rings is 2. The second-order valence-corrected chi connectivity index (χ2v) is 11.8. The molecule has 0 radical (unpaired) electrons. The zero-order chi connectivity index (χ0) is 14.5. The maximum atomic E-state index is 12.2. The van der Waals surface area contributed by atoms with E-state index >= 15 is 0 Å². The molecule has 21 heavy (non-hydrogen) atoms. The third kappa shape index (κ3) is 4.08. The molecule has 0 aromatic heterocycles. The molecular weight excluding hydrogens is 390 g/mol. The summed E-state index contributed by atoms with van der Waals surface area (Å²) < 4.78 is 3.41. The Labute approximate surface area is 138 Å². The van der Waals surface area contributed by atoms with Gasteiger partial charge >= 0.3 is 139 Å². The summed E-state index contributed by atoms with van der Waals surface area (Å²) in [6.07, 6.45) is 3.00. The van der Waals surface area contributed by atoms with Crippen LogP contribution in [0.5, 0.6) is 0 Å². The second kappa shape index (κ2) is 7.42. The Morgan fingerprint density at radius 3 is 1.81 bits per heavy atom. The first-order valence-corrected chi connectivity index (χ1v) is 11.0. The summed E-state index contributed by atoms with van der Waals surface area (Å²) in [5, 5.41) is 0. The summed E-state index contributed by atoms with van der Waals surface area (Å²) in [7, 11) is 0. The van der Waals surface area contributed by atoms with Gasteiger partial charge in [0.05, 0.1) is 0 Å². The second-order valence-electron chi connectivity index (χ2n) is 5.20. The van der Waals surface area contributed by atoms with Crippen molar-refractivity contribution in [3.8, 4) is 0 Å². The van der Waals surface area contributed by atoms with Crippen LogP contribution in [0.2, 0.25) is 3.71 Å². The topological polar surface area (TPSA) is 17.1 Å². The summed E-state index contributed by atoms with van der Waals surface area (Å²) in [4.78, 5) is 12.2. The molecule has 3 heteroatoms. The molecule has 1 aliphatic carbocycles. The fourth-order valence-electron chi connectivity index (χ4n) is 2.59. The first-order chi connectivity index (χ1) is 10.3. The minimum atomic E-state index is 0.311. The van der Waals surface area contributed by atoms with Crippen LogP contribution in [-0.4, -0.2) is 35.7 Å². The number of Topliss-reactive ketones (excluding diaryl/α,β-unsaturated/α-hetero) is 1. The third-order valence-electron chi connectivity index (χ3n) is 3.67. The van der Waals surface area contributed by atoms with Gasteiger partial charge in [-0.15, -0.1) is 0 Å². The van der Waals surface area contributed by atoms with Crippen molar-refractivity contribution in [3.05, 3.63) is 60.7 Å². The molecule has 0 aliphatic heterocycles. The quantitative estimate of drug-likeness (QED) is 0.694. The average Bonchev–Trinajstić information content (AvgIpc) is 2.95. The predicted molar refractivity (Wildman–Crippen MR) is 89.8 cm³/mol. The molecule has 0 spiro atoms. The zero-order valence-electron chi connectivity index (χ0n) is 11.8. The van der Waals surface area contributed by atoms with Crippen LogP contribution in [0.3, 0.4) is 0 Å². The van der Waals surface area contributed by atoms with Crippen molar-refractivity contribution in [3.63, 3.8) is 0 Å². The van der Waals surface area contributed by atoms with Gasteiger partial charge in [0.15, 0.2) is 0 Å². The van der Waals surface area contributed by atoms with E-state index in [1.807, 2.05) is 0 Å². The first-order valence-electron chi connectivity index (χ1n) is 7.29. The van der Waals surface area contributed by atoms with Crippen LogP contribution in [0.4, 0.5) is 0 Å². The average molecular weight is 408 g/mol. The Bertz CT molecular complexity index is 541. The Balaban J connectivity index is 1.79. The molecule has 0 amide bonds. The molecule has 1 atom stereocenters. The van der Waals surface area contributed by atoms with Crippen LogP contribution in [-0.2, 0) is 4.79 Å². The molecule has 2 aromatic carbocycles. The maximum absolute atomic E-state index is 12.2. The van der Waals surface area contributed by atoms with Gasteiger partial charge in [-0.1, -0.05) is 0 Å². The number of hydrogen-bond donors (Lipinski definition) is 0. The fourth-order valence-corrected chi connectivity index (χ4v) is 9.97. The monoisotopic (exact) mass is 410 g/mol. The van der Waals surface area contributed by atoms with E-state index in [-0.39, 0.29) is 0 Å². The van der Waals surface area contributed by atoms with Crippen molar-refractivity contribution >= 4 is 44.6 Å². The van der Waals surface area contributed by atoms with Gasteiger partial charge in [0.1, 0.15) is 0 Å². The normalized spacial score (nSPS) is 18.3. The summed E-state index contributed by atoms with van der Waals surface area (Å²) in [6.45, 7) is 0. The van der Waals surface area contributed by atoms with E-state index in [0.29, 0.717) is 45.3 Å². The van der Waals surface area contributed by atoms with E-state index in [2.05, 4.69) is 60.7 Å². The van der Waals surface area contributed by atoms with Crippen LogP contribution >= 0.6 is 0 Å². The Hall–Kier alpha value is -0.851. The van der Waals surface area contributed by atoms with Crippen molar-refractivity contribution in [1.82, 2.24) is 0 Å². The molecule has 0 heterocycles. The minimum absolute atomic E-state index is 0.311. The van der Waals surface area contributed by atoms with E-state index in [0.717, 1.165) is 19.3 Å². The summed E-state index contributed by atoms with van der Waals surface area (Å²) in [6, 6.07) is 21.4. The van der Waals surface area contributed by atoms with E-state index in [4.69, 9.17) is 0 Å². The van der Waals surface area contributed by atoms with E-state index in [1.54, 1.807) is 0 Å². The van der Waals surface area contributed by atoms with Crippen molar-refractivity contribution in [2.75, 3.05) is 0 Å². The number of carbonyl (C=O) groups is 1. The molecule has 108 valence electrons. The van der Waals surface area contributed by atoms with Crippen molar-refractivity contribution in [2.24, 2.45) is 5.92 Å². The first kappa shape index (κ1) is 15.1. The Morgan fingerprint density at radius 1 is 0.857 bits per heavy atom. The molecule has 1 saturated carbocycles. The zero-order valence-corrected chi connectivity index (χ0v) is 15.2. The van der Waals surface area contributed by atoms with Crippen molar-refractivity contribution in [1.29, 1.82) is 0 Å². The molecule has 1 unspecified atom stereocenters. The molecule has 0 N–H and O–H groups in total. The molecular formula is C18H18OSe2. The predicted octanol–water partition coefficient (Wildman–Crippen LogP) is 2.16. The third-order valence-corrected chi connectivity index (χ3v) is 10.4. The number of hydrogen-bond acceptors (Lipinski definition) is 1. The molecule has 3 rings (SSSR count). The van der Waals surface area contributed by atoms with Gasteiger partial charge < -0.3 is 0 Å². The molecule has 0 bridgehead atoms. The van der Waals surface area contributed by atoms with Gasteiger partial charge in [0, 0.05) is 0 Å². The van der Waals surface area contributed by atoms with Gasteiger partial charge in [-0.2, -0.15) is 0 Å². The molecule has 1 aliphatic rings. The molecule has 2 aromatic rings. The van der Waals surface area contributed by atoms with Crippen LogP contribution in [0.25, 0.3) is 0 Å². The molecule has 1 nitrogen and oxygen atoms in total. The van der Waals surface area contributed by atoms with Crippen LogP contribution in [0, 0.1) is 5.92 Å². The molecule has 0 saturated heterocycles. The van der Waals surface area contributed by atoms with Gasteiger partial charge in [-0.05, 0) is 0 Å². The fraction of sp³-hybridized carbons (Fsp3) is 0.278. The van der Waals surface area contributed by atoms with Crippen LogP contribution in [0.1, 0.15) is 19.3 Å². The molecule has 1 fully saturated rings. The van der Waals surface area contributed by atoms with Crippen molar-refractivity contribution < 1.29 is 4.79 Å². The van der Waals surface area contributed by atoms with Gasteiger partial charge in [0.2, 0.25) is 0 Å². The van der Waals surface area contributed by atoms with Crippen molar-refractivity contribution in [2.45, 2.75) is 23.0 Å². The van der Waals surface area contributed by atoms with Crippen LogP contribution in [0.15, 0.2) is 60.7 Å². The summed E-state index contributed by atoms with van der Waals surface area (Å²) in [5.74, 6) is 0.820.